The third-order valence-corrected chi connectivity index (χ3v) is 5.86. The summed E-state index contributed by atoms with van der Waals surface area (Å²) in [7, 11) is 0. The zero-order valence-corrected chi connectivity index (χ0v) is 17.5. The summed E-state index contributed by atoms with van der Waals surface area (Å²) in [5, 5.41) is 32.8. The zero-order valence-electron chi connectivity index (χ0n) is 15.3. The molecule has 0 saturated carbocycles. The molecule has 3 heterocycles. The Morgan fingerprint density at radius 1 is 1.21 bits per heavy atom. The molecule has 10 nitrogen and oxygen atoms in total. The van der Waals surface area contributed by atoms with Crippen molar-refractivity contribution in [3.05, 3.63) is 40.0 Å². The number of aliphatic hydroxyl groups is 3. The van der Waals surface area contributed by atoms with E-state index in [1.165, 1.54) is 17.2 Å². The predicted octanol–water partition coefficient (Wildman–Crippen LogP) is 0.279. The highest BCUT2D eigenvalue weighted by Crippen LogP contribution is 2.32. The van der Waals surface area contributed by atoms with E-state index in [9.17, 15) is 15.3 Å². The summed E-state index contributed by atoms with van der Waals surface area (Å²) in [5.74, 6) is 0.561. The summed E-state index contributed by atoms with van der Waals surface area (Å²) in [6.07, 6.45) is -0.504. The van der Waals surface area contributed by atoms with E-state index in [0.29, 0.717) is 23.5 Å². The second kappa shape index (κ2) is 8.36. The molecule has 154 valence electrons. The number of nitrogens with two attached hydrogens (primary N) is 1. The Labute approximate surface area is 179 Å². The molecular weight excluding hydrogens is 491 g/mol. The molecule has 1 fully saturated rings. The number of nitrogens with one attached hydrogen (secondary N) is 1. The quantitative estimate of drug-likeness (QED) is 0.232. The first-order chi connectivity index (χ1) is 14.0. The fourth-order valence-corrected chi connectivity index (χ4v) is 3.91. The van der Waals surface area contributed by atoms with Crippen molar-refractivity contribution >= 4 is 45.3 Å². The normalized spacial score (nSPS) is 24.3. The van der Waals surface area contributed by atoms with Gasteiger partial charge in [-0.2, -0.15) is 0 Å². The van der Waals surface area contributed by atoms with E-state index in [4.69, 9.17) is 10.5 Å². The van der Waals surface area contributed by atoms with Gasteiger partial charge in [0.2, 0.25) is 0 Å². The number of rotatable bonds is 6. The molecule has 4 atom stereocenters. The number of aromatic nitrogens is 4. The lowest BCUT2D eigenvalue weighted by Gasteiger charge is -2.16. The van der Waals surface area contributed by atoms with Crippen LogP contribution in [0.4, 0.5) is 11.5 Å². The molecule has 1 aliphatic heterocycles. The molecule has 2 unspecified atom stereocenters. The van der Waals surface area contributed by atoms with Crippen LogP contribution in [-0.2, 0) is 11.2 Å². The van der Waals surface area contributed by atoms with Crippen molar-refractivity contribution in [2.45, 2.75) is 31.0 Å². The lowest BCUT2D eigenvalue weighted by Crippen LogP contribution is -2.33. The van der Waals surface area contributed by atoms with Crippen molar-refractivity contribution in [1.82, 2.24) is 19.5 Å². The molecule has 29 heavy (non-hydrogen) atoms. The van der Waals surface area contributed by atoms with Crippen LogP contribution in [0.1, 0.15) is 11.8 Å². The largest absolute Gasteiger partial charge is 0.398 e. The SMILES string of the molecule is Nc1ccc(CCNc2ncnc3c2ncn3[C@@H]2O[C@H](CO)C(O)C2O)cc1I. The summed E-state index contributed by atoms with van der Waals surface area (Å²) in [6.45, 7) is 0.236. The molecule has 1 aromatic carbocycles. The van der Waals surface area contributed by atoms with Crippen LogP contribution in [0.15, 0.2) is 30.9 Å². The predicted molar refractivity (Wildman–Crippen MR) is 114 cm³/mol. The maximum absolute atomic E-state index is 10.3. The van der Waals surface area contributed by atoms with Gasteiger partial charge < -0.3 is 31.1 Å². The molecule has 3 aromatic rings. The van der Waals surface area contributed by atoms with Gasteiger partial charge in [0.05, 0.1) is 12.9 Å². The van der Waals surface area contributed by atoms with Gasteiger partial charge in [-0.1, -0.05) is 6.07 Å². The Balaban J connectivity index is 1.51. The van der Waals surface area contributed by atoms with Gasteiger partial charge in [0.1, 0.15) is 24.6 Å². The van der Waals surface area contributed by atoms with Crippen molar-refractivity contribution < 1.29 is 20.1 Å². The Morgan fingerprint density at radius 3 is 2.76 bits per heavy atom. The number of ether oxygens (including phenoxy) is 1. The third kappa shape index (κ3) is 3.88. The number of nitrogens with zero attached hydrogens (tertiary/aromatic N) is 4. The Morgan fingerprint density at radius 2 is 2.03 bits per heavy atom. The maximum Gasteiger partial charge on any atom is 0.167 e. The minimum absolute atomic E-state index is 0.396. The van der Waals surface area contributed by atoms with Gasteiger partial charge in [-0.25, -0.2) is 15.0 Å². The number of halogens is 1. The summed E-state index contributed by atoms with van der Waals surface area (Å²) in [4.78, 5) is 12.9. The highest BCUT2D eigenvalue weighted by molar-refractivity contribution is 14.1. The van der Waals surface area contributed by atoms with Gasteiger partial charge >= 0.3 is 0 Å². The van der Waals surface area contributed by atoms with E-state index in [1.807, 2.05) is 18.2 Å². The first kappa shape index (κ1) is 20.2. The van der Waals surface area contributed by atoms with E-state index >= 15 is 0 Å². The lowest BCUT2D eigenvalue weighted by atomic mass is 10.1. The van der Waals surface area contributed by atoms with E-state index in [-0.39, 0.29) is 0 Å². The van der Waals surface area contributed by atoms with Gasteiger partial charge in [0, 0.05) is 15.8 Å². The van der Waals surface area contributed by atoms with Crippen molar-refractivity contribution in [2.75, 3.05) is 24.2 Å². The van der Waals surface area contributed by atoms with Crippen LogP contribution in [0.2, 0.25) is 0 Å². The Bertz CT molecular complexity index is 1020. The summed E-state index contributed by atoms with van der Waals surface area (Å²) < 4.78 is 8.12. The van der Waals surface area contributed by atoms with Gasteiger partial charge in [-0.15, -0.1) is 0 Å². The Hall–Kier alpha value is -2.06. The minimum Gasteiger partial charge on any atom is -0.398 e. The van der Waals surface area contributed by atoms with E-state index < -0.39 is 31.1 Å². The molecule has 0 aliphatic carbocycles. The van der Waals surface area contributed by atoms with Crippen molar-refractivity contribution in [1.29, 1.82) is 0 Å². The van der Waals surface area contributed by atoms with Gasteiger partial charge in [0.15, 0.2) is 23.2 Å². The maximum atomic E-state index is 10.3. The van der Waals surface area contributed by atoms with Crippen LogP contribution >= 0.6 is 22.6 Å². The molecule has 0 radical (unpaired) electrons. The molecule has 0 spiro atoms. The minimum atomic E-state index is -1.20. The molecule has 2 aromatic heterocycles. The number of fused-ring (bicyclic) bond motifs is 1. The second-order valence-corrected chi connectivity index (χ2v) is 7.97. The number of hydrogen-bond donors (Lipinski definition) is 5. The molecule has 1 saturated heterocycles. The van der Waals surface area contributed by atoms with E-state index in [1.54, 1.807) is 0 Å². The molecule has 6 N–H and O–H groups in total. The molecule has 0 bridgehead atoms. The average Bonchev–Trinajstić information content (AvgIpc) is 3.26. The summed E-state index contributed by atoms with van der Waals surface area (Å²) in [5.41, 5.74) is 8.75. The van der Waals surface area contributed by atoms with Crippen LogP contribution in [0.3, 0.4) is 0 Å². The van der Waals surface area contributed by atoms with Crippen molar-refractivity contribution in [3.63, 3.8) is 0 Å². The summed E-state index contributed by atoms with van der Waals surface area (Å²) in [6, 6.07) is 5.93. The van der Waals surface area contributed by atoms with E-state index in [2.05, 4.69) is 42.9 Å². The highest BCUT2D eigenvalue weighted by atomic mass is 127. The smallest absolute Gasteiger partial charge is 0.167 e. The summed E-state index contributed by atoms with van der Waals surface area (Å²) >= 11 is 2.21. The van der Waals surface area contributed by atoms with Gasteiger partial charge in [-0.3, -0.25) is 4.57 Å². The van der Waals surface area contributed by atoms with Gasteiger partial charge in [-0.05, 0) is 46.7 Å². The highest BCUT2D eigenvalue weighted by Gasteiger charge is 2.44. The number of nitrogen functional groups attached to an aromatic ring is 1. The number of anilines is 2. The molecule has 0 amide bonds. The lowest BCUT2D eigenvalue weighted by molar-refractivity contribution is -0.0511. The molecule has 1 aliphatic rings. The second-order valence-electron chi connectivity index (χ2n) is 6.81. The zero-order chi connectivity index (χ0) is 20.5. The van der Waals surface area contributed by atoms with Crippen LogP contribution in [0.25, 0.3) is 11.2 Å². The first-order valence-corrected chi connectivity index (χ1v) is 10.1. The standard InChI is InChI=1S/C18H21IN6O4/c19-10-5-9(1-2-11(10)20)3-4-21-16-13-17(23-7-22-16)25(8-24-13)18-15(28)14(27)12(6-26)29-18/h1-2,5,7-8,12,14-15,18,26-28H,3-4,6,20H2,(H,21,22,23)/t12-,14?,15?,18-/m1/s1. The first-order valence-electron chi connectivity index (χ1n) is 9.07. The van der Waals surface area contributed by atoms with Crippen LogP contribution in [0, 0.1) is 3.57 Å². The third-order valence-electron chi connectivity index (χ3n) is 4.92. The molecular formula is C18H21IN6O4. The molecule has 11 heteroatoms. The number of imidazole rings is 1. The van der Waals surface area contributed by atoms with Crippen molar-refractivity contribution in [2.24, 2.45) is 0 Å². The van der Waals surface area contributed by atoms with Crippen LogP contribution in [0.5, 0.6) is 0 Å². The van der Waals surface area contributed by atoms with Crippen molar-refractivity contribution in [3.8, 4) is 0 Å². The van der Waals surface area contributed by atoms with Gasteiger partial charge in [0.25, 0.3) is 0 Å². The topological polar surface area (TPSA) is 152 Å². The monoisotopic (exact) mass is 512 g/mol. The fourth-order valence-electron chi connectivity index (χ4n) is 3.33. The number of hydrogen-bond acceptors (Lipinski definition) is 9. The number of aliphatic hydroxyl groups excluding tert-OH is 3. The average molecular weight is 512 g/mol. The molecule has 4 rings (SSSR count). The Kier molecular flexibility index (Phi) is 5.83. The fraction of sp³-hybridized carbons (Fsp3) is 0.389. The van der Waals surface area contributed by atoms with E-state index in [0.717, 1.165) is 21.2 Å². The van der Waals surface area contributed by atoms with Crippen LogP contribution in [-0.4, -0.2) is 66.3 Å². The number of benzene rings is 1. The van der Waals surface area contributed by atoms with Crippen LogP contribution < -0.4 is 11.1 Å².